The van der Waals surface area contributed by atoms with Crippen LogP contribution < -0.4 is 16.6 Å². The first-order valence-corrected chi connectivity index (χ1v) is 7.90. The van der Waals surface area contributed by atoms with Crippen molar-refractivity contribution in [2.45, 2.75) is 26.4 Å². The maximum Gasteiger partial charge on any atom is 0.420 e. The normalized spacial score (nSPS) is 12.4. The van der Waals surface area contributed by atoms with Crippen LogP contribution in [0.25, 0.3) is 11.1 Å². The minimum absolute atomic E-state index is 0.0623. The first-order valence-electron chi connectivity index (χ1n) is 7.90. The molecule has 2 heterocycles. The molecular weight excluding hydrogens is 324 g/mol. The Hall–Kier alpha value is -3.16. The van der Waals surface area contributed by atoms with E-state index in [1.54, 1.807) is 18.2 Å². The van der Waals surface area contributed by atoms with Crippen LogP contribution in [-0.2, 0) is 6.54 Å². The van der Waals surface area contributed by atoms with Crippen molar-refractivity contribution < 1.29 is 9.21 Å². The number of amides is 1. The van der Waals surface area contributed by atoms with Gasteiger partial charge >= 0.3 is 5.76 Å². The second kappa shape index (κ2) is 6.76. The molecule has 0 aliphatic rings. The second-order valence-corrected chi connectivity index (χ2v) is 6.08. The minimum atomic E-state index is -0.469. The number of H-pyrrole nitrogens is 1. The van der Waals surface area contributed by atoms with Gasteiger partial charge in [0.15, 0.2) is 5.58 Å². The van der Waals surface area contributed by atoms with Crippen LogP contribution in [0.3, 0.4) is 0 Å². The molecule has 1 amide bonds. The van der Waals surface area contributed by atoms with E-state index >= 15 is 0 Å². The van der Waals surface area contributed by atoms with Crippen LogP contribution in [-0.4, -0.2) is 26.7 Å². The van der Waals surface area contributed by atoms with E-state index in [0.29, 0.717) is 11.1 Å². The van der Waals surface area contributed by atoms with Gasteiger partial charge < -0.3 is 9.73 Å². The highest BCUT2D eigenvalue weighted by Gasteiger charge is 2.21. The van der Waals surface area contributed by atoms with E-state index in [1.165, 1.54) is 16.7 Å². The lowest BCUT2D eigenvalue weighted by atomic mass is 10.0. The highest BCUT2D eigenvalue weighted by Crippen LogP contribution is 2.14. The lowest BCUT2D eigenvalue weighted by molar-refractivity contribution is 0.0914. The molecule has 0 aliphatic heterocycles. The summed E-state index contributed by atoms with van der Waals surface area (Å²) >= 11 is 0. The molecule has 130 valence electrons. The Morgan fingerprint density at radius 2 is 2.00 bits per heavy atom. The van der Waals surface area contributed by atoms with Crippen molar-refractivity contribution in [3.05, 3.63) is 63.0 Å². The van der Waals surface area contributed by atoms with Gasteiger partial charge in [-0.15, -0.1) is 0 Å². The number of rotatable bonds is 5. The van der Waals surface area contributed by atoms with Crippen molar-refractivity contribution in [2.24, 2.45) is 5.92 Å². The van der Waals surface area contributed by atoms with Gasteiger partial charge in [-0.2, -0.15) is 5.10 Å². The van der Waals surface area contributed by atoms with E-state index in [9.17, 15) is 14.4 Å². The first-order chi connectivity index (χ1) is 12.0. The third-order valence-electron chi connectivity index (χ3n) is 3.99. The lowest BCUT2D eigenvalue weighted by Crippen LogP contribution is -2.43. The second-order valence-electron chi connectivity index (χ2n) is 6.08. The Balaban J connectivity index is 1.85. The minimum Gasteiger partial charge on any atom is -0.408 e. The zero-order valence-electron chi connectivity index (χ0n) is 13.9. The topological polar surface area (TPSA) is 110 Å². The first kappa shape index (κ1) is 16.7. The molecule has 1 aromatic carbocycles. The number of hydrogen-bond donors (Lipinski definition) is 2. The van der Waals surface area contributed by atoms with E-state index < -0.39 is 11.7 Å². The maximum absolute atomic E-state index is 12.3. The van der Waals surface area contributed by atoms with Crippen LogP contribution in [0.1, 0.15) is 24.3 Å². The fourth-order valence-electron chi connectivity index (χ4n) is 2.52. The molecule has 2 N–H and O–H groups in total. The molecule has 3 aromatic rings. The molecule has 0 saturated heterocycles. The average molecular weight is 342 g/mol. The number of oxazole rings is 1. The molecule has 0 saturated carbocycles. The van der Waals surface area contributed by atoms with Crippen LogP contribution >= 0.6 is 0 Å². The van der Waals surface area contributed by atoms with E-state index in [-0.39, 0.29) is 29.8 Å². The van der Waals surface area contributed by atoms with Gasteiger partial charge in [-0.1, -0.05) is 26.0 Å². The van der Waals surface area contributed by atoms with Gasteiger partial charge in [0.25, 0.3) is 11.5 Å². The molecule has 0 fully saturated rings. The highest BCUT2D eigenvalue weighted by atomic mass is 16.4. The smallest absolute Gasteiger partial charge is 0.408 e. The number of carbonyl (C=O) groups excluding carboxylic acids is 1. The number of carbonyl (C=O) groups is 1. The number of fused-ring (bicyclic) bond motifs is 1. The van der Waals surface area contributed by atoms with Crippen molar-refractivity contribution in [2.75, 3.05) is 0 Å². The van der Waals surface area contributed by atoms with Crippen LogP contribution in [0.2, 0.25) is 0 Å². The SMILES string of the molecule is CC(C)[C@@H](Cn1c(=O)oc2ccccc21)NC(=O)c1ccc(=O)[nH]n1. The summed E-state index contributed by atoms with van der Waals surface area (Å²) in [5, 5.41) is 8.80. The third-order valence-corrected chi connectivity index (χ3v) is 3.99. The molecular formula is C17H18N4O4. The average Bonchev–Trinajstić information content (AvgIpc) is 2.90. The Labute approximate surface area is 142 Å². The van der Waals surface area contributed by atoms with Crippen LogP contribution in [0.15, 0.2) is 50.4 Å². The standard InChI is InChI=1S/C17H18N4O4/c1-10(2)12(18-16(23)11-7-8-15(22)20-19-11)9-21-13-5-3-4-6-14(13)25-17(21)24/h3-8,10,12H,9H2,1-2H3,(H,18,23)(H,20,22)/t12-/m1/s1. The Bertz CT molecular complexity index is 995. The fraction of sp³-hybridized carbons (Fsp3) is 0.294. The molecule has 8 heteroatoms. The number of nitrogens with one attached hydrogen (secondary N) is 2. The monoisotopic (exact) mass is 342 g/mol. The number of nitrogens with zero attached hydrogens (tertiary/aromatic N) is 2. The Kier molecular flexibility index (Phi) is 4.51. The van der Waals surface area contributed by atoms with Crippen LogP contribution in [0.4, 0.5) is 0 Å². The molecule has 0 spiro atoms. The summed E-state index contributed by atoms with van der Waals surface area (Å²) in [6.07, 6.45) is 0. The molecule has 8 nitrogen and oxygen atoms in total. The molecule has 2 aromatic heterocycles. The molecule has 0 aliphatic carbocycles. The molecule has 1 atom stereocenters. The lowest BCUT2D eigenvalue weighted by Gasteiger charge is -2.22. The van der Waals surface area contributed by atoms with Gasteiger partial charge in [0.05, 0.1) is 5.52 Å². The van der Waals surface area contributed by atoms with Gasteiger partial charge in [-0.05, 0) is 24.1 Å². The summed E-state index contributed by atoms with van der Waals surface area (Å²) in [4.78, 5) is 35.5. The maximum atomic E-state index is 12.3. The number of aromatic nitrogens is 3. The third kappa shape index (κ3) is 3.52. The van der Waals surface area contributed by atoms with Crippen molar-refractivity contribution in [1.29, 1.82) is 0 Å². The van der Waals surface area contributed by atoms with Crippen molar-refractivity contribution in [1.82, 2.24) is 20.1 Å². The quantitative estimate of drug-likeness (QED) is 0.722. The fourth-order valence-corrected chi connectivity index (χ4v) is 2.52. The highest BCUT2D eigenvalue weighted by molar-refractivity contribution is 5.92. The molecule has 3 rings (SSSR count). The molecule has 0 bridgehead atoms. The van der Waals surface area contributed by atoms with Crippen LogP contribution in [0, 0.1) is 5.92 Å². The zero-order chi connectivity index (χ0) is 18.0. The van der Waals surface area contributed by atoms with E-state index in [0.717, 1.165) is 0 Å². The number of hydrogen-bond acceptors (Lipinski definition) is 5. The van der Waals surface area contributed by atoms with E-state index in [2.05, 4.69) is 15.5 Å². The predicted molar refractivity (Wildman–Crippen MR) is 91.4 cm³/mol. The summed E-state index contributed by atoms with van der Waals surface area (Å²) < 4.78 is 6.73. The Morgan fingerprint density at radius 1 is 1.24 bits per heavy atom. The van der Waals surface area contributed by atoms with E-state index in [1.807, 2.05) is 19.9 Å². The van der Waals surface area contributed by atoms with Gasteiger partial charge in [-0.3, -0.25) is 14.2 Å². The van der Waals surface area contributed by atoms with E-state index in [4.69, 9.17) is 4.42 Å². The Morgan fingerprint density at radius 3 is 2.68 bits per heavy atom. The van der Waals surface area contributed by atoms with Gasteiger partial charge in [0.1, 0.15) is 5.69 Å². The number of aromatic amines is 1. The number of para-hydroxylation sites is 2. The van der Waals surface area contributed by atoms with Crippen LogP contribution in [0.5, 0.6) is 0 Å². The van der Waals surface area contributed by atoms with Crippen molar-refractivity contribution in [3.63, 3.8) is 0 Å². The van der Waals surface area contributed by atoms with Gasteiger partial charge in [0.2, 0.25) is 0 Å². The summed E-state index contributed by atoms with van der Waals surface area (Å²) in [5.74, 6) is -0.827. The van der Waals surface area contributed by atoms with Crippen molar-refractivity contribution >= 4 is 17.0 Å². The largest absolute Gasteiger partial charge is 0.420 e. The molecule has 0 unspecified atom stereocenters. The van der Waals surface area contributed by atoms with Crippen molar-refractivity contribution in [3.8, 4) is 0 Å². The molecule has 25 heavy (non-hydrogen) atoms. The number of benzene rings is 1. The summed E-state index contributed by atoms with van der Waals surface area (Å²) in [7, 11) is 0. The summed E-state index contributed by atoms with van der Waals surface area (Å²) in [6.45, 7) is 4.15. The van der Waals surface area contributed by atoms with Gasteiger partial charge in [-0.25, -0.2) is 9.89 Å². The molecule has 0 radical (unpaired) electrons. The summed E-state index contributed by atoms with van der Waals surface area (Å²) in [6, 6.07) is 9.40. The van der Waals surface area contributed by atoms with Gasteiger partial charge in [0, 0.05) is 18.7 Å². The zero-order valence-corrected chi connectivity index (χ0v) is 13.9. The summed E-state index contributed by atoms with van der Waals surface area (Å²) in [5.41, 5.74) is 0.904. The predicted octanol–water partition coefficient (Wildman–Crippen LogP) is 1.13.